The Morgan fingerprint density at radius 3 is 2.94 bits per heavy atom. The van der Waals surface area contributed by atoms with E-state index in [0.29, 0.717) is 6.54 Å². The van der Waals surface area contributed by atoms with Gasteiger partial charge in [0.15, 0.2) is 0 Å². The Morgan fingerprint density at radius 1 is 1.44 bits per heavy atom. The van der Waals surface area contributed by atoms with E-state index in [1.54, 1.807) is 7.05 Å². The summed E-state index contributed by atoms with van der Waals surface area (Å²) in [5.74, 6) is -0.273. The summed E-state index contributed by atoms with van der Waals surface area (Å²) in [4.78, 5) is 15.9. The van der Waals surface area contributed by atoms with E-state index in [1.807, 2.05) is 30.5 Å². The van der Waals surface area contributed by atoms with Gasteiger partial charge < -0.3 is 15.0 Å². The van der Waals surface area contributed by atoms with Gasteiger partial charge in [-0.25, -0.2) is 0 Å². The van der Waals surface area contributed by atoms with Gasteiger partial charge in [-0.3, -0.25) is 4.79 Å². The van der Waals surface area contributed by atoms with Gasteiger partial charge in [0.25, 0.3) is 0 Å². The first kappa shape index (κ1) is 10.7. The second kappa shape index (κ2) is 4.37. The predicted octanol–water partition coefficient (Wildman–Crippen LogP) is 1.12. The number of aliphatic hydroxyl groups is 1. The number of benzene rings is 1. The molecule has 1 amide bonds. The maximum Gasteiger partial charge on any atom is 0.248 e. The van der Waals surface area contributed by atoms with Crippen LogP contribution < -0.4 is 0 Å². The van der Waals surface area contributed by atoms with Crippen molar-refractivity contribution in [2.45, 2.75) is 6.54 Å². The third-order valence-corrected chi connectivity index (χ3v) is 2.64. The lowest BCUT2D eigenvalue weighted by Gasteiger charge is -2.14. The first-order valence-corrected chi connectivity index (χ1v) is 5.12. The fraction of sp³-hybridized carbons (Fsp3) is 0.250. The number of hydrogen-bond donors (Lipinski definition) is 2. The highest BCUT2D eigenvalue weighted by Crippen LogP contribution is 2.18. The van der Waals surface area contributed by atoms with Gasteiger partial charge in [0.2, 0.25) is 5.91 Å². The molecule has 4 nitrogen and oxygen atoms in total. The van der Waals surface area contributed by atoms with Crippen LogP contribution in [0.25, 0.3) is 10.9 Å². The molecule has 2 aromatic rings. The van der Waals surface area contributed by atoms with E-state index < -0.39 is 6.61 Å². The minimum absolute atomic E-state index is 0.273. The normalized spacial score (nSPS) is 10.6. The molecule has 2 N–H and O–H groups in total. The summed E-state index contributed by atoms with van der Waals surface area (Å²) in [5, 5.41) is 9.86. The molecule has 4 heteroatoms. The number of H-pyrrole nitrogens is 1. The second-order valence-corrected chi connectivity index (χ2v) is 3.77. The van der Waals surface area contributed by atoms with Gasteiger partial charge in [-0.1, -0.05) is 18.2 Å². The maximum atomic E-state index is 11.2. The molecule has 0 fully saturated rings. The lowest BCUT2D eigenvalue weighted by Crippen LogP contribution is -2.28. The maximum absolute atomic E-state index is 11.2. The SMILES string of the molecule is CN(Cc1c[nH]c2ccccc12)C(=O)CO. The Bertz CT molecular complexity index is 504. The number of carbonyl (C=O) groups excluding carboxylic acids is 1. The van der Waals surface area contributed by atoms with Gasteiger partial charge >= 0.3 is 0 Å². The van der Waals surface area contributed by atoms with Crippen molar-refractivity contribution in [3.05, 3.63) is 36.0 Å². The highest BCUT2D eigenvalue weighted by Gasteiger charge is 2.10. The topological polar surface area (TPSA) is 56.3 Å². The number of hydrogen-bond acceptors (Lipinski definition) is 2. The molecule has 0 spiro atoms. The molecule has 0 bridgehead atoms. The summed E-state index contributed by atoms with van der Waals surface area (Å²) in [6, 6.07) is 7.93. The fourth-order valence-electron chi connectivity index (χ4n) is 1.73. The first-order chi connectivity index (χ1) is 7.72. The monoisotopic (exact) mass is 218 g/mol. The summed E-state index contributed by atoms with van der Waals surface area (Å²) in [6.07, 6.45) is 1.89. The largest absolute Gasteiger partial charge is 0.387 e. The number of aliphatic hydroxyl groups excluding tert-OH is 1. The highest BCUT2D eigenvalue weighted by atomic mass is 16.3. The van der Waals surface area contributed by atoms with Crippen LogP contribution in [0.4, 0.5) is 0 Å². The Kier molecular flexibility index (Phi) is 2.92. The van der Waals surface area contributed by atoms with Crippen molar-refractivity contribution < 1.29 is 9.90 Å². The molecular weight excluding hydrogens is 204 g/mol. The zero-order valence-corrected chi connectivity index (χ0v) is 9.10. The van der Waals surface area contributed by atoms with Crippen molar-refractivity contribution in [1.82, 2.24) is 9.88 Å². The minimum atomic E-state index is -0.446. The number of rotatable bonds is 3. The van der Waals surface area contributed by atoms with Gasteiger partial charge in [-0.2, -0.15) is 0 Å². The van der Waals surface area contributed by atoms with Crippen LogP contribution in [0.1, 0.15) is 5.56 Å². The Hall–Kier alpha value is -1.81. The van der Waals surface area contributed by atoms with E-state index >= 15 is 0 Å². The Balaban J connectivity index is 2.24. The Labute approximate surface area is 93.5 Å². The number of likely N-dealkylation sites (N-methyl/N-ethyl adjacent to an activating group) is 1. The van der Waals surface area contributed by atoms with Crippen LogP contribution in [0.15, 0.2) is 30.5 Å². The third-order valence-electron chi connectivity index (χ3n) is 2.64. The van der Waals surface area contributed by atoms with E-state index in [0.717, 1.165) is 16.5 Å². The quantitative estimate of drug-likeness (QED) is 0.811. The van der Waals surface area contributed by atoms with Crippen LogP contribution in [0.2, 0.25) is 0 Å². The van der Waals surface area contributed by atoms with E-state index in [1.165, 1.54) is 4.90 Å². The van der Waals surface area contributed by atoms with E-state index in [-0.39, 0.29) is 5.91 Å². The van der Waals surface area contributed by atoms with Crippen LogP contribution in [0, 0.1) is 0 Å². The van der Waals surface area contributed by atoms with Gasteiger partial charge in [0.05, 0.1) is 0 Å². The summed E-state index contributed by atoms with van der Waals surface area (Å²) < 4.78 is 0. The highest BCUT2D eigenvalue weighted by molar-refractivity contribution is 5.84. The molecular formula is C12H14N2O2. The van der Waals surface area contributed by atoms with Crippen LogP contribution in [-0.2, 0) is 11.3 Å². The van der Waals surface area contributed by atoms with Crippen LogP contribution in [0.3, 0.4) is 0 Å². The molecule has 0 aliphatic rings. The standard InChI is InChI=1S/C12H14N2O2/c1-14(12(16)8-15)7-9-6-13-11-5-3-2-4-10(9)11/h2-6,13,15H,7-8H2,1H3. The molecule has 0 aliphatic heterocycles. The van der Waals surface area contributed by atoms with Crippen LogP contribution in [-0.4, -0.2) is 34.6 Å². The van der Waals surface area contributed by atoms with E-state index in [4.69, 9.17) is 5.11 Å². The van der Waals surface area contributed by atoms with Crippen molar-refractivity contribution in [3.8, 4) is 0 Å². The molecule has 1 aromatic carbocycles. The third kappa shape index (κ3) is 1.92. The van der Waals surface area contributed by atoms with Gasteiger partial charge in [0.1, 0.15) is 6.61 Å². The van der Waals surface area contributed by atoms with Crippen LogP contribution >= 0.6 is 0 Å². The number of aromatic nitrogens is 1. The summed E-state index contributed by atoms with van der Waals surface area (Å²) in [6.45, 7) is 0.0578. The average Bonchev–Trinajstić information content (AvgIpc) is 2.72. The van der Waals surface area contributed by atoms with Crippen LogP contribution in [0.5, 0.6) is 0 Å². The first-order valence-electron chi connectivity index (χ1n) is 5.12. The number of nitrogens with one attached hydrogen (secondary N) is 1. The number of para-hydroxylation sites is 1. The zero-order chi connectivity index (χ0) is 11.5. The summed E-state index contributed by atoms with van der Waals surface area (Å²) in [5.41, 5.74) is 2.11. The summed E-state index contributed by atoms with van der Waals surface area (Å²) >= 11 is 0. The van der Waals surface area contributed by atoms with Crippen molar-refractivity contribution in [1.29, 1.82) is 0 Å². The molecule has 0 atom stereocenters. The average molecular weight is 218 g/mol. The number of carbonyl (C=O) groups is 1. The molecule has 0 radical (unpaired) electrons. The zero-order valence-electron chi connectivity index (χ0n) is 9.10. The number of fused-ring (bicyclic) bond motifs is 1. The van der Waals surface area contributed by atoms with E-state index in [2.05, 4.69) is 4.98 Å². The molecule has 1 aromatic heterocycles. The molecule has 0 saturated heterocycles. The van der Waals surface area contributed by atoms with Gasteiger partial charge in [-0.05, 0) is 11.6 Å². The molecule has 0 saturated carbocycles. The lowest BCUT2D eigenvalue weighted by molar-refractivity contribution is -0.133. The smallest absolute Gasteiger partial charge is 0.248 e. The number of amides is 1. The summed E-state index contributed by atoms with van der Waals surface area (Å²) in [7, 11) is 1.68. The molecule has 0 unspecified atom stereocenters. The molecule has 16 heavy (non-hydrogen) atoms. The minimum Gasteiger partial charge on any atom is -0.387 e. The predicted molar refractivity (Wildman–Crippen MR) is 61.9 cm³/mol. The molecule has 2 rings (SSSR count). The number of nitrogens with zero attached hydrogens (tertiary/aromatic N) is 1. The lowest BCUT2D eigenvalue weighted by atomic mass is 10.1. The van der Waals surface area contributed by atoms with Gasteiger partial charge in [-0.15, -0.1) is 0 Å². The fourth-order valence-corrected chi connectivity index (χ4v) is 1.73. The van der Waals surface area contributed by atoms with Gasteiger partial charge in [0, 0.05) is 30.7 Å². The van der Waals surface area contributed by atoms with Crippen molar-refractivity contribution in [3.63, 3.8) is 0 Å². The number of aromatic amines is 1. The molecule has 0 aliphatic carbocycles. The van der Waals surface area contributed by atoms with Crippen molar-refractivity contribution in [2.24, 2.45) is 0 Å². The second-order valence-electron chi connectivity index (χ2n) is 3.77. The van der Waals surface area contributed by atoms with E-state index in [9.17, 15) is 4.79 Å². The molecule has 84 valence electrons. The molecule has 1 heterocycles. The van der Waals surface area contributed by atoms with Crippen molar-refractivity contribution in [2.75, 3.05) is 13.7 Å². The Morgan fingerprint density at radius 2 is 2.19 bits per heavy atom. The van der Waals surface area contributed by atoms with Crippen molar-refractivity contribution >= 4 is 16.8 Å².